The highest BCUT2D eigenvalue weighted by molar-refractivity contribution is 6.00. The molecule has 0 spiro atoms. The predicted octanol–water partition coefficient (Wildman–Crippen LogP) is 2.26. The number of carbonyl (C=O) groups excluding carboxylic acids is 2. The number of morpholine rings is 1. The van der Waals surface area contributed by atoms with Crippen LogP contribution in [0.2, 0.25) is 0 Å². The highest BCUT2D eigenvalue weighted by Gasteiger charge is 2.35. The van der Waals surface area contributed by atoms with Gasteiger partial charge in [-0.3, -0.25) is 19.4 Å². The number of carbonyl (C=O) groups is 2. The second-order valence-electron chi connectivity index (χ2n) is 9.10. The number of ether oxygens (including phenoxy) is 1. The van der Waals surface area contributed by atoms with Crippen LogP contribution < -0.4 is 4.90 Å². The molecule has 4 heterocycles. The summed E-state index contributed by atoms with van der Waals surface area (Å²) in [4.78, 5) is 41.7. The van der Waals surface area contributed by atoms with Crippen molar-refractivity contribution in [1.29, 1.82) is 0 Å². The van der Waals surface area contributed by atoms with Crippen LogP contribution in [0.15, 0.2) is 30.3 Å². The predicted molar refractivity (Wildman–Crippen MR) is 124 cm³/mol. The number of likely N-dealkylation sites (tertiary alicyclic amines) is 1. The summed E-state index contributed by atoms with van der Waals surface area (Å²) in [6, 6.07) is 9.83. The van der Waals surface area contributed by atoms with E-state index in [1.807, 2.05) is 42.2 Å². The number of amides is 2. The smallest absolute Gasteiger partial charge is 0.237 e. The first kappa shape index (κ1) is 22.0. The average molecular weight is 450 g/mol. The maximum absolute atomic E-state index is 13.2. The molecule has 2 aromatic rings. The zero-order chi connectivity index (χ0) is 22.8. The molecule has 3 aliphatic rings. The molecule has 2 saturated heterocycles. The third kappa shape index (κ3) is 4.63. The van der Waals surface area contributed by atoms with Gasteiger partial charge in [0.25, 0.3) is 0 Å². The van der Waals surface area contributed by atoms with E-state index in [9.17, 15) is 9.59 Å². The van der Waals surface area contributed by atoms with Crippen molar-refractivity contribution in [3.05, 3.63) is 53.0 Å². The lowest BCUT2D eigenvalue weighted by atomic mass is 10.0. The van der Waals surface area contributed by atoms with Gasteiger partial charge in [-0.25, -0.2) is 9.97 Å². The lowest BCUT2D eigenvalue weighted by Gasteiger charge is -2.37. The molecule has 2 amide bonds. The van der Waals surface area contributed by atoms with Crippen LogP contribution in [0.3, 0.4) is 0 Å². The number of piperidine rings is 1. The van der Waals surface area contributed by atoms with Gasteiger partial charge in [-0.15, -0.1) is 0 Å². The van der Waals surface area contributed by atoms with Gasteiger partial charge in [0.2, 0.25) is 11.8 Å². The molecule has 33 heavy (non-hydrogen) atoms. The summed E-state index contributed by atoms with van der Waals surface area (Å²) in [7, 11) is 0. The summed E-state index contributed by atoms with van der Waals surface area (Å²) < 4.78 is 5.42. The van der Waals surface area contributed by atoms with Gasteiger partial charge in [-0.05, 0) is 31.7 Å². The number of aromatic nitrogens is 2. The molecule has 0 aliphatic carbocycles. The number of aryl methyl sites for hydroxylation is 1. The van der Waals surface area contributed by atoms with Crippen molar-refractivity contribution in [2.75, 3.05) is 44.3 Å². The fourth-order valence-corrected chi connectivity index (χ4v) is 5.02. The van der Waals surface area contributed by atoms with Crippen molar-refractivity contribution in [2.24, 2.45) is 0 Å². The van der Waals surface area contributed by atoms with Crippen LogP contribution in [0.25, 0.3) is 0 Å². The summed E-state index contributed by atoms with van der Waals surface area (Å²) in [6.45, 7) is 6.50. The standard InChI is InChI=1S/C25H31N5O3/c1-18-20-15-22(31)30(16-19-7-3-2-4-8-19)25(20)27-24(26-18)21-9-5-6-10-29(21)23(32)17-28-11-13-33-14-12-28/h2-4,7-8,21H,5-6,9-17H2,1H3/t21-/m0/s1. The Morgan fingerprint density at radius 3 is 2.67 bits per heavy atom. The molecule has 174 valence electrons. The molecule has 0 N–H and O–H groups in total. The molecule has 1 aromatic heterocycles. The van der Waals surface area contributed by atoms with E-state index in [0.29, 0.717) is 44.4 Å². The van der Waals surface area contributed by atoms with Gasteiger partial charge in [-0.1, -0.05) is 30.3 Å². The Morgan fingerprint density at radius 2 is 1.88 bits per heavy atom. The van der Waals surface area contributed by atoms with Gasteiger partial charge in [0.05, 0.1) is 38.8 Å². The molecule has 5 rings (SSSR count). The van der Waals surface area contributed by atoms with Gasteiger partial charge in [0, 0.05) is 30.9 Å². The van der Waals surface area contributed by atoms with E-state index in [1.54, 1.807) is 4.90 Å². The van der Waals surface area contributed by atoms with Crippen molar-refractivity contribution >= 4 is 17.6 Å². The van der Waals surface area contributed by atoms with E-state index in [0.717, 1.165) is 55.7 Å². The number of hydrogen-bond acceptors (Lipinski definition) is 6. The van der Waals surface area contributed by atoms with Crippen LogP contribution in [0.1, 0.15) is 47.9 Å². The Balaban J connectivity index is 1.40. The van der Waals surface area contributed by atoms with Crippen LogP contribution >= 0.6 is 0 Å². The van der Waals surface area contributed by atoms with E-state index in [-0.39, 0.29) is 17.9 Å². The number of nitrogens with zero attached hydrogens (tertiary/aromatic N) is 5. The number of hydrogen-bond donors (Lipinski definition) is 0. The lowest BCUT2D eigenvalue weighted by Crippen LogP contribution is -2.47. The Hall–Kier alpha value is -2.84. The van der Waals surface area contributed by atoms with E-state index in [1.165, 1.54) is 0 Å². The number of rotatable bonds is 5. The highest BCUT2D eigenvalue weighted by Crippen LogP contribution is 2.35. The molecule has 0 unspecified atom stereocenters. The number of benzene rings is 1. The molecule has 8 heteroatoms. The zero-order valence-electron chi connectivity index (χ0n) is 19.2. The fourth-order valence-electron chi connectivity index (χ4n) is 5.02. The van der Waals surface area contributed by atoms with E-state index < -0.39 is 0 Å². The topological polar surface area (TPSA) is 78.9 Å². The van der Waals surface area contributed by atoms with E-state index in [2.05, 4.69) is 4.90 Å². The molecule has 0 saturated carbocycles. The first-order chi connectivity index (χ1) is 16.1. The maximum atomic E-state index is 13.2. The third-order valence-electron chi connectivity index (χ3n) is 6.86. The minimum absolute atomic E-state index is 0.0484. The van der Waals surface area contributed by atoms with Crippen molar-refractivity contribution in [3.63, 3.8) is 0 Å². The lowest BCUT2D eigenvalue weighted by molar-refractivity contribution is -0.137. The maximum Gasteiger partial charge on any atom is 0.237 e. The van der Waals surface area contributed by atoms with E-state index >= 15 is 0 Å². The molecule has 2 fully saturated rings. The molecule has 1 aromatic carbocycles. The van der Waals surface area contributed by atoms with Gasteiger partial charge in [-0.2, -0.15) is 0 Å². The second-order valence-corrected chi connectivity index (χ2v) is 9.10. The molecule has 0 radical (unpaired) electrons. The summed E-state index contributed by atoms with van der Waals surface area (Å²) in [5.74, 6) is 1.54. The summed E-state index contributed by atoms with van der Waals surface area (Å²) >= 11 is 0. The van der Waals surface area contributed by atoms with Gasteiger partial charge < -0.3 is 9.64 Å². The Kier molecular flexibility index (Phi) is 6.37. The quantitative estimate of drug-likeness (QED) is 0.697. The molecular formula is C25H31N5O3. The third-order valence-corrected chi connectivity index (χ3v) is 6.86. The molecule has 3 aliphatic heterocycles. The minimum atomic E-state index is -0.148. The fraction of sp³-hybridized carbons (Fsp3) is 0.520. The first-order valence-electron chi connectivity index (χ1n) is 11.9. The zero-order valence-corrected chi connectivity index (χ0v) is 19.2. The van der Waals surface area contributed by atoms with Crippen LogP contribution in [0, 0.1) is 6.92 Å². The van der Waals surface area contributed by atoms with Crippen LogP contribution in [-0.4, -0.2) is 71.0 Å². The Labute approximate surface area is 194 Å². The Bertz CT molecular complexity index is 1020. The SMILES string of the molecule is Cc1nc([C@@H]2CCCCN2C(=O)CN2CCOCC2)nc2c1CC(=O)N2Cc1ccccc1. The normalized spacial score (nSPS) is 21.4. The van der Waals surface area contributed by atoms with Crippen molar-refractivity contribution in [1.82, 2.24) is 19.8 Å². The summed E-state index contributed by atoms with van der Waals surface area (Å²) in [5.41, 5.74) is 2.81. The van der Waals surface area contributed by atoms with Gasteiger partial charge in [0.1, 0.15) is 5.82 Å². The largest absolute Gasteiger partial charge is 0.379 e. The first-order valence-corrected chi connectivity index (χ1v) is 11.9. The molecular weight excluding hydrogens is 418 g/mol. The van der Waals surface area contributed by atoms with Gasteiger partial charge >= 0.3 is 0 Å². The van der Waals surface area contributed by atoms with Gasteiger partial charge in [0.15, 0.2) is 5.82 Å². The second kappa shape index (κ2) is 9.57. The number of anilines is 1. The van der Waals surface area contributed by atoms with Crippen LogP contribution in [-0.2, 0) is 27.3 Å². The molecule has 1 atom stereocenters. The summed E-state index contributed by atoms with van der Waals surface area (Å²) in [5, 5.41) is 0. The minimum Gasteiger partial charge on any atom is -0.379 e. The average Bonchev–Trinajstić information content (AvgIpc) is 3.16. The highest BCUT2D eigenvalue weighted by atomic mass is 16.5. The molecule has 8 nitrogen and oxygen atoms in total. The Morgan fingerprint density at radius 1 is 1.09 bits per heavy atom. The van der Waals surface area contributed by atoms with Crippen molar-refractivity contribution in [2.45, 2.75) is 45.2 Å². The van der Waals surface area contributed by atoms with Crippen LogP contribution in [0.5, 0.6) is 0 Å². The van der Waals surface area contributed by atoms with Crippen molar-refractivity contribution in [3.8, 4) is 0 Å². The number of fused-ring (bicyclic) bond motifs is 1. The van der Waals surface area contributed by atoms with Crippen LogP contribution in [0.4, 0.5) is 5.82 Å². The van der Waals surface area contributed by atoms with Crippen molar-refractivity contribution < 1.29 is 14.3 Å². The van der Waals surface area contributed by atoms with E-state index in [4.69, 9.17) is 14.7 Å². The summed E-state index contributed by atoms with van der Waals surface area (Å²) in [6.07, 6.45) is 3.21. The molecule has 0 bridgehead atoms. The monoisotopic (exact) mass is 449 g/mol.